The Morgan fingerprint density at radius 3 is 3.05 bits per heavy atom. The maximum Gasteiger partial charge on any atom is 0.345 e. The molecular formula is C14H14N2O3S. The van der Waals surface area contributed by atoms with Crippen molar-refractivity contribution in [2.75, 3.05) is 13.7 Å². The van der Waals surface area contributed by atoms with Crippen molar-refractivity contribution in [3.8, 4) is 0 Å². The van der Waals surface area contributed by atoms with Gasteiger partial charge in [0.1, 0.15) is 10.6 Å². The fourth-order valence-electron chi connectivity index (χ4n) is 2.17. The minimum absolute atomic E-state index is 0.301. The molecule has 0 saturated heterocycles. The molecule has 20 heavy (non-hydrogen) atoms. The number of carbonyl (C=O) groups is 1. The van der Waals surface area contributed by atoms with E-state index in [-0.39, 0.29) is 5.97 Å². The van der Waals surface area contributed by atoms with Crippen LogP contribution in [0.5, 0.6) is 0 Å². The highest BCUT2D eigenvalue weighted by Crippen LogP contribution is 2.36. The molecule has 0 unspecified atom stereocenters. The Labute approximate surface area is 120 Å². The predicted molar refractivity (Wildman–Crippen MR) is 76.4 cm³/mol. The quantitative estimate of drug-likeness (QED) is 0.810. The van der Waals surface area contributed by atoms with Gasteiger partial charge in [-0.1, -0.05) is 17.8 Å². The van der Waals surface area contributed by atoms with Gasteiger partial charge in [0.2, 0.25) is 0 Å². The Morgan fingerprint density at radius 1 is 1.45 bits per heavy atom. The zero-order chi connectivity index (χ0) is 14.1. The van der Waals surface area contributed by atoms with Crippen LogP contribution in [0.2, 0.25) is 0 Å². The summed E-state index contributed by atoms with van der Waals surface area (Å²) in [6.45, 7) is 2.58. The summed E-state index contributed by atoms with van der Waals surface area (Å²) in [7, 11) is 1.63. The van der Waals surface area contributed by atoms with Crippen LogP contribution >= 0.6 is 11.8 Å². The second-order valence-corrected chi connectivity index (χ2v) is 5.33. The molecule has 0 N–H and O–H groups in total. The molecule has 3 rings (SSSR count). The van der Waals surface area contributed by atoms with Gasteiger partial charge >= 0.3 is 5.97 Å². The third-order valence-electron chi connectivity index (χ3n) is 2.96. The van der Waals surface area contributed by atoms with Crippen molar-refractivity contribution in [3.63, 3.8) is 0 Å². The van der Waals surface area contributed by atoms with Crippen LogP contribution in [0.25, 0.3) is 11.7 Å². The summed E-state index contributed by atoms with van der Waals surface area (Å²) in [6.07, 6.45) is 1.82. The first-order chi connectivity index (χ1) is 9.74. The van der Waals surface area contributed by atoms with Gasteiger partial charge in [0.05, 0.1) is 29.6 Å². The van der Waals surface area contributed by atoms with Gasteiger partial charge in [-0.2, -0.15) is 0 Å². The van der Waals surface area contributed by atoms with Crippen LogP contribution in [0.15, 0.2) is 28.1 Å². The average molecular weight is 290 g/mol. The van der Waals surface area contributed by atoms with Gasteiger partial charge in [0, 0.05) is 7.11 Å². The van der Waals surface area contributed by atoms with Gasteiger partial charge < -0.3 is 9.47 Å². The second-order valence-electron chi connectivity index (χ2n) is 4.27. The largest absolute Gasteiger partial charge is 0.462 e. The minimum Gasteiger partial charge on any atom is -0.462 e. The van der Waals surface area contributed by atoms with Gasteiger partial charge in [-0.3, -0.25) is 4.40 Å². The number of esters is 1. The predicted octanol–water partition coefficient (Wildman–Crippen LogP) is 2.49. The van der Waals surface area contributed by atoms with Crippen LogP contribution in [0.3, 0.4) is 0 Å². The topological polar surface area (TPSA) is 52.8 Å². The Hall–Kier alpha value is -1.79. The Bertz CT molecular complexity index is 706. The zero-order valence-electron chi connectivity index (χ0n) is 11.3. The van der Waals surface area contributed by atoms with E-state index < -0.39 is 0 Å². The van der Waals surface area contributed by atoms with Crippen molar-refractivity contribution < 1.29 is 14.3 Å². The number of hydrogen-bond donors (Lipinski definition) is 0. The first-order valence-electron chi connectivity index (χ1n) is 6.30. The Balaban J connectivity index is 2.14. The molecule has 0 saturated carbocycles. The summed E-state index contributed by atoms with van der Waals surface area (Å²) in [5, 5.41) is 0.956. The lowest BCUT2D eigenvalue weighted by atomic mass is 10.3. The van der Waals surface area contributed by atoms with Crippen molar-refractivity contribution >= 4 is 29.5 Å². The van der Waals surface area contributed by atoms with Crippen LogP contribution < -0.4 is 0 Å². The highest BCUT2D eigenvalue weighted by molar-refractivity contribution is 8.04. The standard InChI is InChI=1S/C14H14N2O3S/c1-3-19-14(17)11-7-10-9(8-18-2)15-12-5-4-6-13(20-11)16(10)12/h4-7H,3,8H2,1-2H3. The van der Waals surface area contributed by atoms with Crippen LogP contribution in [0.4, 0.5) is 0 Å². The number of methoxy groups -OCH3 is 1. The smallest absolute Gasteiger partial charge is 0.345 e. The first kappa shape index (κ1) is 13.2. The van der Waals surface area contributed by atoms with E-state index >= 15 is 0 Å². The lowest BCUT2D eigenvalue weighted by molar-refractivity contribution is -0.137. The van der Waals surface area contributed by atoms with Gasteiger partial charge in [0.25, 0.3) is 0 Å². The molecule has 6 heteroatoms. The molecule has 0 amide bonds. The number of nitrogens with zero attached hydrogens (tertiary/aromatic N) is 2. The third-order valence-corrected chi connectivity index (χ3v) is 3.99. The van der Waals surface area contributed by atoms with Crippen LogP contribution in [-0.2, 0) is 20.9 Å². The van der Waals surface area contributed by atoms with E-state index in [1.165, 1.54) is 11.8 Å². The number of aromatic nitrogens is 2. The zero-order valence-corrected chi connectivity index (χ0v) is 12.1. The van der Waals surface area contributed by atoms with Crippen molar-refractivity contribution in [2.45, 2.75) is 18.6 Å². The van der Waals surface area contributed by atoms with Crippen molar-refractivity contribution in [1.82, 2.24) is 9.38 Å². The number of ether oxygens (including phenoxy) is 2. The molecule has 2 aromatic heterocycles. The number of pyridine rings is 1. The molecule has 104 valence electrons. The fraction of sp³-hybridized carbons (Fsp3) is 0.286. The second kappa shape index (κ2) is 5.30. The van der Waals surface area contributed by atoms with E-state index in [0.29, 0.717) is 18.1 Å². The minimum atomic E-state index is -0.301. The first-order valence-corrected chi connectivity index (χ1v) is 7.12. The number of carbonyl (C=O) groups excluding carboxylic acids is 1. The number of rotatable bonds is 4. The molecule has 0 radical (unpaired) electrons. The maximum absolute atomic E-state index is 11.9. The summed E-state index contributed by atoms with van der Waals surface area (Å²) in [4.78, 5) is 17.1. The highest BCUT2D eigenvalue weighted by atomic mass is 32.2. The molecule has 2 aromatic rings. The van der Waals surface area contributed by atoms with E-state index in [9.17, 15) is 4.79 Å². The monoisotopic (exact) mass is 290 g/mol. The van der Waals surface area contributed by atoms with Crippen LogP contribution in [0, 0.1) is 0 Å². The van der Waals surface area contributed by atoms with E-state index in [1.807, 2.05) is 28.7 Å². The summed E-state index contributed by atoms with van der Waals surface area (Å²) in [5.41, 5.74) is 2.57. The molecule has 0 aliphatic carbocycles. The third kappa shape index (κ3) is 2.10. The Morgan fingerprint density at radius 2 is 2.30 bits per heavy atom. The fourth-order valence-corrected chi connectivity index (χ4v) is 3.14. The van der Waals surface area contributed by atoms with Gasteiger partial charge in [-0.05, 0) is 25.1 Å². The molecule has 5 nitrogen and oxygen atoms in total. The summed E-state index contributed by atoms with van der Waals surface area (Å²) < 4.78 is 12.3. The van der Waals surface area contributed by atoms with Gasteiger partial charge in [0.15, 0.2) is 0 Å². The number of imidazole rings is 1. The summed E-state index contributed by atoms with van der Waals surface area (Å²) in [5.74, 6) is -0.301. The van der Waals surface area contributed by atoms with Crippen LogP contribution in [-0.4, -0.2) is 29.1 Å². The van der Waals surface area contributed by atoms with Crippen molar-refractivity contribution in [1.29, 1.82) is 0 Å². The molecule has 0 fully saturated rings. The lowest BCUT2D eigenvalue weighted by Gasteiger charge is -2.14. The van der Waals surface area contributed by atoms with Gasteiger partial charge in [-0.15, -0.1) is 0 Å². The molecule has 0 spiro atoms. The average Bonchev–Trinajstić information content (AvgIpc) is 2.80. The van der Waals surface area contributed by atoms with E-state index in [4.69, 9.17) is 9.47 Å². The van der Waals surface area contributed by atoms with E-state index in [1.54, 1.807) is 14.0 Å². The van der Waals surface area contributed by atoms with Gasteiger partial charge in [-0.25, -0.2) is 9.78 Å². The van der Waals surface area contributed by atoms with Crippen molar-refractivity contribution in [3.05, 3.63) is 34.5 Å². The molecule has 3 heterocycles. The summed E-state index contributed by atoms with van der Waals surface area (Å²) >= 11 is 1.40. The number of hydrogen-bond acceptors (Lipinski definition) is 5. The maximum atomic E-state index is 11.9. The molecule has 1 aliphatic rings. The van der Waals surface area contributed by atoms with Crippen LogP contribution in [0.1, 0.15) is 18.3 Å². The molecule has 1 aliphatic heterocycles. The van der Waals surface area contributed by atoms with E-state index in [2.05, 4.69) is 4.98 Å². The normalized spacial score (nSPS) is 13.4. The molecule has 0 atom stereocenters. The molecule has 0 aromatic carbocycles. The molecular weight excluding hydrogens is 276 g/mol. The van der Waals surface area contributed by atoms with Crippen molar-refractivity contribution in [2.24, 2.45) is 0 Å². The molecule has 0 bridgehead atoms. The highest BCUT2D eigenvalue weighted by Gasteiger charge is 2.23. The van der Waals surface area contributed by atoms with E-state index in [0.717, 1.165) is 22.1 Å². The summed E-state index contributed by atoms with van der Waals surface area (Å²) in [6, 6.07) is 5.83. The number of thioether (sulfide) groups is 1. The Kier molecular flexibility index (Phi) is 3.50. The SMILES string of the molecule is CCOC(=O)C1=Cc2c(COC)nc3cccc(n23)S1. The lowest BCUT2D eigenvalue weighted by Crippen LogP contribution is -2.09.